The van der Waals surface area contributed by atoms with Crippen LogP contribution < -0.4 is 5.32 Å². The van der Waals surface area contributed by atoms with Gasteiger partial charge in [0.05, 0.1) is 45.1 Å². The van der Waals surface area contributed by atoms with Crippen LogP contribution in [0.2, 0.25) is 0 Å². The Balaban J connectivity index is 1.42. The van der Waals surface area contributed by atoms with E-state index in [1.54, 1.807) is 0 Å². The molecule has 1 N–H and O–H groups in total. The van der Waals surface area contributed by atoms with Gasteiger partial charge in [-0.15, -0.1) is 0 Å². The second-order valence-corrected chi connectivity index (χ2v) is 12.1. The first-order chi connectivity index (χ1) is 23.7. The number of rotatable bonds is 5. The third kappa shape index (κ3) is 4.15. The van der Waals surface area contributed by atoms with E-state index in [1.165, 1.54) is 21.8 Å². The van der Waals surface area contributed by atoms with Crippen molar-refractivity contribution >= 4 is 49.3 Å². The molecule has 4 heteroatoms. The third-order valence-electron chi connectivity index (χ3n) is 9.54. The van der Waals surface area contributed by atoms with Gasteiger partial charge < -0.3 is 14.5 Å². The van der Waals surface area contributed by atoms with Gasteiger partial charge in [0.15, 0.2) is 0 Å². The Morgan fingerprint density at radius 3 is 1.79 bits per heavy atom. The number of aromatic nitrogens is 2. The van der Waals surface area contributed by atoms with E-state index in [4.69, 9.17) is 0 Å². The zero-order valence-corrected chi connectivity index (χ0v) is 26.4. The average Bonchev–Trinajstić information content (AvgIpc) is 3.66. The molecule has 48 heavy (non-hydrogen) atoms. The molecule has 0 radical (unpaired) electrons. The topological polar surface area (TPSA) is 45.7 Å². The van der Waals surface area contributed by atoms with E-state index in [1.807, 2.05) is 19.2 Å². The summed E-state index contributed by atoms with van der Waals surface area (Å²) in [5.74, 6) is 0. The molecule has 4 nitrogen and oxygen atoms in total. The van der Waals surface area contributed by atoms with Crippen LogP contribution in [0.4, 0.5) is 5.69 Å². The van der Waals surface area contributed by atoms with Crippen molar-refractivity contribution in [1.29, 1.82) is 5.26 Å². The summed E-state index contributed by atoms with van der Waals surface area (Å²) in [6, 6.07) is 58.3. The Kier molecular flexibility index (Phi) is 6.38. The number of para-hydroxylation sites is 4. The minimum Gasteiger partial charge on any atom is -0.388 e. The second kappa shape index (κ2) is 11.0. The molecule has 7 aromatic carbocycles. The smallest absolute Gasteiger partial charge is 0.0991 e. The largest absolute Gasteiger partial charge is 0.388 e. The van der Waals surface area contributed by atoms with Gasteiger partial charge in [0.25, 0.3) is 0 Å². The minimum atomic E-state index is 0.647. The minimum absolute atomic E-state index is 0.647. The Hall–Kier alpha value is -6.57. The van der Waals surface area contributed by atoms with Crippen LogP contribution in [-0.4, -0.2) is 16.2 Å². The van der Waals surface area contributed by atoms with Crippen LogP contribution in [0.25, 0.3) is 77.2 Å². The van der Waals surface area contributed by atoms with Gasteiger partial charge in [-0.25, -0.2) is 0 Å². The third-order valence-corrected chi connectivity index (χ3v) is 9.54. The standard InChI is InChI=1S/C44H30N4/c1-46-31-23-25-43-38(27-31)37-26-29(28-45)22-24-42(37)47(43)39-19-8-7-16-35(39)36-18-11-17-32(30-12-3-2-4-13-30)44(36)48-40-20-9-5-14-33(40)34-15-6-10-21-41(34)48/h2-27,46H,1H3. The molecule has 0 bridgehead atoms. The maximum absolute atomic E-state index is 9.81. The van der Waals surface area contributed by atoms with Crippen molar-refractivity contribution in [2.75, 3.05) is 12.4 Å². The number of nitrogens with one attached hydrogen (secondary N) is 1. The zero-order chi connectivity index (χ0) is 32.2. The fraction of sp³-hybridized carbons (Fsp3) is 0.0227. The lowest BCUT2D eigenvalue weighted by molar-refractivity contribution is 1.16. The van der Waals surface area contributed by atoms with Crippen LogP contribution in [0.3, 0.4) is 0 Å². The van der Waals surface area contributed by atoms with Crippen LogP contribution in [0, 0.1) is 11.3 Å². The summed E-state index contributed by atoms with van der Waals surface area (Å²) in [6.07, 6.45) is 0. The molecule has 0 aliphatic rings. The van der Waals surface area contributed by atoms with Crippen LogP contribution in [-0.2, 0) is 0 Å². The summed E-state index contributed by atoms with van der Waals surface area (Å²) >= 11 is 0. The summed E-state index contributed by atoms with van der Waals surface area (Å²) < 4.78 is 4.80. The SMILES string of the molecule is CNc1ccc2c(c1)c1cc(C#N)ccc1n2-c1ccccc1-c1cccc(-c2ccccc2)c1-n1c2ccccc2c2ccccc21. The van der Waals surface area contributed by atoms with Gasteiger partial charge in [-0.05, 0) is 60.2 Å². The van der Waals surface area contributed by atoms with Crippen molar-refractivity contribution in [3.63, 3.8) is 0 Å². The molecule has 0 fully saturated rings. The highest BCUT2D eigenvalue weighted by Gasteiger charge is 2.22. The van der Waals surface area contributed by atoms with Gasteiger partial charge in [-0.3, -0.25) is 0 Å². The molecule has 0 unspecified atom stereocenters. The zero-order valence-electron chi connectivity index (χ0n) is 26.4. The van der Waals surface area contributed by atoms with Crippen LogP contribution in [0.5, 0.6) is 0 Å². The summed E-state index contributed by atoms with van der Waals surface area (Å²) in [7, 11) is 1.94. The highest BCUT2D eigenvalue weighted by molar-refractivity contribution is 6.12. The van der Waals surface area contributed by atoms with Crippen molar-refractivity contribution in [1.82, 2.24) is 9.13 Å². The molecule has 0 aliphatic carbocycles. The van der Waals surface area contributed by atoms with Crippen molar-refractivity contribution in [2.24, 2.45) is 0 Å². The van der Waals surface area contributed by atoms with Gasteiger partial charge >= 0.3 is 0 Å². The molecule has 226 valence electrons. The number of hydrogen-bond acceptors (Lipinski definition) is 2. The van der Waals surface area contributed by atoms with Crippen LogP contribution in [0.1, 0.15) is 5.56 Å². The summed E-state index contributed by atoms with van der Waals surface area (Å²) in [6.45, 7) is 0. The quantitative estimate of drug-likeness (QED) is 0.210. The van der Waals surface area contributed by atoms with Gasteiger partial charge in [0, 0.05) is 51.0 Å². The predicted octanol–water partition coefficient (Wildman–Crippen LogP) is 11.1. The molecule has 0 atom stereocenters. The first-order valence-corrected chi connectivity index (χ1v) is 16.2. The number of fused-ring (bicyclic) bond motifs is 6. The van der Waals surface area contributed by atoms with Crippen LogP contribution in [0.15, 0.2) is 158 Å². The normalized spacial score (nSPS) is 11.4. The van der Waals surface area contributed by atoms with E-state index in [9.17, 15) is 5.26 Å². The highest BCUT2D eigenvalue weighted by Crippen LogP contribution is 2.44. The lowest BCUT2D eigenvalue weighted by atomic mass is 9.94. The Bertz CT molecular complexity index is 2670. The van der Waals surface area contributed by atoms with Gasteiger partial charge in [-0.2, -0.15) is 5.26 Å². The molecular formula is C44H30N4. The lowest BCUT2D eigenvalue weighted by Gasteiger charge is -2.21. The first-order valence-electron chi connectivity index (χ1n) is 16.2. The van der Waals surface area contributed by atoms with E-state index in [0.717, 1.165) is 61.1 Å². The number of nitriles is 1. The van der Waals surface area contributed by atoms with Crippen molar-refractivity contribution in [2.45, 2.75) is 0 Å². The van der Waals surface area contributed by atoms with E-state index in [0.29, 0.717) is 5.56 Å². The molecule has 0 spiro atoms. The molecule has 2 aromatic heterocycles. The van der Waals surface area contributed by atoms with Crippen molar-refractivity contribution in [3.05, 3.63) is 163 Å². The van der Waals surface area contributed by atoms with E-state index in [2.05, 4.69) is 166 Å². The van der Waals surface area contributed by atoms with E-state index < -0.39 is 0 Å². The van der Waals surface area contributed by atoms with E-state index >= 15 is 0 Å². The summed E-state index contributed by atoms with van der Waals surface area (Å²) in [4.78, 5) is 0. The van der Waals surface area contributed by atoms with Gasteiger partial charge in [0.1, 0.15) is 0 Å². The maximum Gasteiger partial charge on any atom is 0.0991 e. The molecular weight excluding hydrogens is 585 g/mol. The second-order valence-electron chi connectivity index (χ2n) is 12.1. The molecule has 9 aromatic rings. The van der Waals surface area contributed by atoms with Crippen molar-refractivity contribution in [3.8, 4) is 39.7 Å². The van der Waals surface area contributed by atoms with E-state index in [-0.39, 0.29) is 0 Å². The van der Waals surface area contributed by atoms with Crippen molar-refractivity contribution < 1.29 is 0 Å². The number of benzene rings is 7. The Labute approximate surface area is 278 Å². The maximum atomic E-state index is 9.81. The molecule has 0 amide bonds. The highest BCUT2D eigenvalue weighted by atomic mass is 15.0. The average molecular weight is 615 g/mol. The molecule has 0 aliphatic heterocycles. The monoisotopic (exact) mass is 614 g/mol. The number of anilines is 1. The molecule has 9 rings (SSSR count). The van der Waals surface area contributed by atoms with Gasteiger partial charge in [-0.1, -0.05) is 103 Å². The first kappa shape index (κ1) is 27.7. The van der Waals surface area contributed by atoms with Crippen LogP contribution >= 0.6 is 0 Å². The Morgan fingerprint density at radius 1 is 0.479 bits per heavy atom. The fourth-order valence-electron chi connectivity index (χ4n) is 7.42. The molecule has 0 saturated carbocycles. The Morgan fingerprint density at radius 2 is 1.06 bits per heavy atom. The fourth-order valence-corrected chi connectivity index (χ4v) is 7.42. The molecule has 0 saturated heterocycles. The summed E-state index contributed by atoms with van der Waals surface area (Å²) in [5.41, 5.74) is 12.9. The number of nitrogens with zero attached hydrogens (tertiary/aromatic N) is 3. The molecule has 2 heterocycles. The summed E-state index contributed by atoms with van der Waals surface area (Å²) in [5, 5.41) is 17.7. The lowest BCUT2D eigenvalue weighted by Crippen LogP contribution is -2.03. The van der Waals surface area contributed by atoms with Gasteiger partial charge in [0.2, 0.25) is 0 Å². The number of hydrogen-bond donors (Lipinski definition) is 1. The predicted molar refractivity (Wildman–Crippen MR) is 200 cm³/mol.